The van der Waals surface area contributed by atoms with Gasteiger partial charge in [-0.1, -0.05) is 23.5 Å². The number of hydrogen-bond acceptors (Lipinski definition) is 5. The van der Waals surface area contributed by atoms with Gasteiger partial charge in [0.25, 0.3) is 0 Å². The third-order valence-electron chi connectivity index (χ3n) is 4.52. The summed E-state index contributed by atoms with van der Waals surface area (Å²) in [7, 11) is 0. The number of aromatic nitrogens is 1. The van der Waals surface area contributed by atoms with Crippen LogP contribution in [-0.2, 0) is 9.53 Å². The lowest BCUT2D eigenvalue weighted by molar-refractivity contribution is -0.373. The minimum absolute atomic E-state index is 0.116. The maximum Gasteiger partial charge on any atom is 0.417 e. The largest absolute Gasteiger partial charge is 0.478 e. The summed E-state index contributed by atoms with van der Waals surface area (Å²) in [5.41, 5.74) is -0.120. The number of allylic oxidation sites excluding steroid dienone is 1. The first-order chi connectivity index (χ1) is 14.0. The molecule has 1 aromatic carbocycles. The van der Waals surface area contributed by atoms with E-state index in [0.717, 1.165) is 0 Å². The van der Waals surface area contributed by atoms with Crippen LogP contribution in [-0.4, -0.2) is 33.5 Å². The lowest BCUT2D eigenvalue weighted by Crippen LogP contribution is -2.48. The van der Waals surface area contributed by atoms with Crippen LogP contribution in [0.25, 0.3) is 0 Å². The Labute approximate surface area is 177 Å². The molecular formula is C21H23FN3O4S+. The van der Waals surface area contributed by atoms with E-state index in [2.05, 4.69) is 9.98 Å². The number of carboxylic acids is 1. The molecule has 7 nitrogen and oxygen atoms in total. The monoisotopic (exact) mass is 432 g/mol. The Morgan fingerprint density at radius 2 is 2.00 bits per heavy atom. The Hall–Kier alpha value is -3.07. The molecule has 1 atom stereocenters. The molecule has 3 rings (SSSR count). The first-order valence-corrected chi connectivity index (χ1v) is 10.1. The average Bonchev–Trinajstić information content (AvgIpc) is 3.15. The number of carbonyl (C=O) groups is 2. The summed E-state index contributed by atoms with van der Waals surface area (Å²) in [4.78, 5) is 34.1. The van der Waals surface area contributed by atoms with Crippen LogP contribution < -0.4 is 4.98 Å². The zero-order valence-electron chi connectivity index (χ0n) is 17.3. The number of aromatic amines is 1. The van der Waals surface area contributed by atoms with Gasteiger partial charge in [-0.25, -0.2) is 23.9 Å². The van der Waals surface area contributed by atoms with Crippen molar-refractivity contribution in [3.8, 4) is 0 Å². The number of carboxylic acid groups (broad SMARTS) is 1. The third kappa shape index (κ3) is 4.11. The summed E-state index contributed by atoms with van der Waals surface area (Å²) >= 11 is 1.30. The van der Waals surface area contributed by atoms with Crippen LogP contribution in [0.3, 0.4) is 0 Å². The molecule has 0 fully saturated rings. The Morgan fingerprint density at radius 3 is 2.57 bits per heavy atom. The first-order valence-electron chi connectivity index (χ1n) is 9.26. The molecule has 2 heterocycles. The van der Waals surface area contributed by atoms with Crippen LogP contribution >= 0.6 is 11.3 Å². The van der Waals surface area contributed by atoms with Gasteiger partial charge in [0.15, 0.2) is 6.20 Å². The highest BCUT2D eigenvalue weighted by Gasteiger charge is 2.44. The van der Waals surface area contributed by atoms with Crippen LogP contribution in [0.2, 0.25) is 0 Å². The number of aliphatic carboxylic acids is 1. The molecule has 0 spiro atoms. The molecule has 1 aliphatic rings. The van der Waals surface area contributed by atoms with Gasteiger partial charge in [0, 0.05) is 0 Å². The van der Waals surface area contributed by atoms with E-state index >= 15 is 0 Å². The molecule has 158 valence electrons. The molecule has 0 aliphatic carbocycles. The lowest BCUT2D eigenvalue weighted by atomic mass is 9.91. The summed E-state index contributed by atoms with van der Waals surface area (Å²) in [5.74, 6) is -1.52. The number of amides is 1. The highest BCUT2D eigenvalue weighted by molar-refractivity contribution is 7.11. The zero-order valence-corrected chi connectivity index (χ0v) is 18.1. The number of benzene rings is 1. The maximum absolute atomic E-state index is 14.4. The second-order valence-electron chi connectivity index (χ2n) is 7.84. The molecule has 1 aromatic heterocycles. The average molecular weight is 432 g/mol. The van der Waals surface area contributed by atoms with E-state index in [0.29, 0.717) is 10.6 Å². The van der Waals surface area contributed by atoms with Crippen LogP contribution in [0.5, 0.6) is 0 Å². The topological polar surface area (TPSA) is 93.3 Å². The van der Waals surface area contributed by atoms with Gasteiger partial charge in [0.05, 0.1) is 16.7 Å². The third-order valence-corrected chi connectivity index (χ3v) is 5.33. The predicted octanol–water partition coefficient (Wildman–Crippen LogP) is 4.11. The number of carbonyl (C=O) groups excluding carboxylic acids is 1. The van der Waals surface area contributed by atoms with E-state index in [1.165, 1.54) is 28.4 Å². The second-order valence-corrected chi connectivity index (χ2v) is 8.76. The number of rotatable bonds is 3. The normalized spacial score (nSPS) is 17.1. The molecule has 1 aliphatic heterocycles. The Kier molecular flexibility index (Phi) is 5.76. The van der Waals surface area contributed by atoms with Crippen molar-refractivity contribution in [2.75, 3.05) is 0 Å². The van der Waals surface area contributed by atoms with Gasteiger partial charge in [0.2, 0.25) is 5.84 Å². The number of amidine groups is 1. The number of nitrogens with one attached hydrogen (secondary N) is 1. The predicted molar refractivity (Wildman–Crippen MR) is 110 cm³/mol. The van der Waals surface area contributed by atoms with E-state index in [1.54, 1.807) is 52.3 Å². The van der Waals surface area contributed by atoms with Crippen LogP contribution in [0.4, 0.5) is 9.18 Å². The van der Waals surface area contributed by atoms with Crippen molar-refractivity contribution in [2.45, 2.75) is 46.3 Å². The Bertz CT molecular complexity index is 1050. The van der Waals surface area contributed by atoms with Gasteiger partial charge in [-0.05, 0) is 51.8 Å². The highest BCUT2D eigenvalue weighted by atomic mass is 32.1. The summed E-state index contributed by atoms with van der Waals surface area (Å²) in [6, 6.07) is 3.27. The summed E-state index contributed by atoms with van der Waals surface area (Å²) in [6.45, 7) is 8.25. The molecule has 2 aromatic rings. The van der Waals surface area contributed by atoms with Gasteiger partial charge in [-0.2, -0.15) is 4.98 Å². The van der Waals surface area contributed by atoms with Crippen molar-refractivity contribution in [1.29, 1.82) is 0 Å². The molecule has 0 bridgehead atoms. The summed E-state index contributed by atoms with van der Waals surface area (Å²) in [5, 5.41) is 12.3. The highest BCUT2D eigenvalue weighted by Crippen LogP contribution is 2.39. The van der Waals surface area contributed by atoms with E-state index in [4.69, 9.17) is 4.74 Å². The summed E-state index contributed by atoms with van der Waals surface area (Å²) < 4.78 is 20.0. The molecule has 9 heteroatoms. The van der Waals surface area contributed by atoms with Gasteiger partial charge in [0.1, 0.15) is 17.5 Å². The van der Waals surface area contributed by atoms with Crippen LogP contribution in [0, 0.1) is 12.7 Å². The second kappa shape index (κ2) is 7.98. The zero-order chi connectivity index (χ0) is 22.2. The lowest BCUT2D eigenvalue weighted by Gasteiger charge is -2.36. The molecule has 0 saturated carbocycles. The number of halogens is 1. The number of hydrogen-bond donors (Lipinski definition) is 1. The van der Waals surface area contributed by atoms with E-state index in [9.17, 15) is 19.1 Å². The van der Waals surface area contributed by atoms with Crippen molar-refractivity contribution in [3.05, 3.63) is 63.0 Å². The van der Waals surface area contributed by atoms with E-state index in [1.807, 2.05) is 0 Å². The molecule has 0 radical (unpaired) electrons. The van der Waals surface area contributed by atoms with Gasteiger partial charge >= 0.3 is 17.1 Å². The fourth-order valence-electron chi connectivity index (χ4n) is 3.24. The molecule has 0 unspecified atom stereocenters. The maximum atomic E-state index is 14.4. The molecule has 2 N–H and O–H groups in total. The van der Waals surface area contributed by atoms with Crippen LogP contribution in [0.1, 0.15) is 49.9 Å². The number of nitrogens with zero attached hydrogens (tertiary/aromatic N) is 2. The SMILES string of the molecule is CC1=C(C(=O)O)[C@H](c2cccc(F)c2C)N(C(=O)OC(C)(C)C)C(c2[nH+]ccs2)=N1. The van der Waals surface area contributed by atoms with Crippen molar-refractivity contribution < 1.29 is 28.8 Å². The molecule has 0 saturated heterocycles. The minimum Gasteiger partial charge on any atom is -0.478 e. The van der Waals surface area contributed by atoms with Crippen molar-refractivity contribution in [1.82, 2.24) is 4.90 Å². The number of aliphatic imine (C=N–C) groups is 1. The Morgan fingerprint density at radius 1 is 1.30 bits per heavy atom. The van der Waals surface area contributed by atoms with Gasteiger partial charge < -0.3 is 9.84 Å². The Balaban J connectivity index is 2.30. The molecule has 1 amide bonds. The standard InChI is InChI=1S/C21H22FN3O4S/c1-11-13(7-6-8-14(11)22)16-15(19(26)27)12(2)24-17(18-23-9-10-30-18)25(16)20(28)29-21(3,4)5/h6-10,16H,1-5H3,(H,26,27)/p+1/t16-/m0/s1. The number of ether oxygens (including phenoxy) is 1. The minimum atomic E-state index is -1.24. The van der Waals surface area contributed by atoms with E-state index in [-0.39, 0.29) is 22.7 Å². The number of H-pyrrole nitrogens is 1. The molecule has 30 heavy (non-hydrogen) atoms. The smallest absolute Gasteiger partial charge is 0.417 e. The summed E-state index contributed by atoms with van der Waals surface area (Å²) in [6.07, 6.45) is 0.909. The fourth-order valence-corrected chi connectivity index (χ4v) is 3.89. The fraction of sp³-hybridized carbons (Fsp3) is 0.333. The van der Waals surface area contributed by atoms with E-state index < -0.39 is 29.5 Å². The van der Waals surface area contributed by atoms with Crippen molar-refractivity contribution >= 4 is 29.2 Å². The van der Waals surface area contributed by atoms with Crippen LogP contribution in [0.15, 0.2) is 46.0 Å². The quantitative estimate of drug-likeness (QED) is 0.790. The van der Waals surface area contributed by atoms with Gasteiger partial charge in [-0.15, -0.1) is 0 Å². The number of thiazole rings is 1. The first kappa shape index (κ1) is 21.6. The van der Waals surface area contributed by atoms with Crippen molar-refractivity contribution in [3.63, 3.8) is 0 Å². The van der Waals surface area contributed by atoms with Crippen molar-refractivity contribution in [2.24, 2.45) is 4.99 Å². The molecular weight excluding hydrogens is 409 g/mol. The van der Waals surface area contributed by atoms with Gasteiger partial charge in [-0.3, -0.25) is 0 Å².